The average Bonchev–Trinajstić information content (AvgIpc) is 3.17. The quantitative estimate of drug-likeness (QED) is 0.742. The Hall–Kier alpha value is -1.90. The number of hydrogen-bond acceptors (Lipinski definition) is 2. The molecule has 1 saturated carbocycles. The van der Waals surface area contributed by atoms with Crippen molar-refractivity contribution in [2.75, 3.05) is 0 Å². The molecule has 0 radical (unpaired) electrons. The lowest BCUT2D eigenvalue weighted by Gasteiger charge is -2.04. The number of Topliss-reactive ketones (excluding diaryl/α,β-unsaturated/α-hetero) is 1. The summed E-state index contributed by atoms with van der Waals surface area (Å²) >= 11 is 0. The molecule has 1 aromatic heterocycles. The van der Waals surface area contributed by atoms with Gasteiger partial charge in [-0.2, -0.15) is 0 Å². The Morgan fingerprint density at radius 2 is 2.05 bits per heavy atom. The fourth-order valence-corrected chi connectivity index (χ4v) is 2.30. The largest absolute Gasteiger partial charge is 0.337 e. The number of carbonyl (C=O) groups is 1. The Kier molecular flexibility index (Phi) is 3.45. The number of aromatic nitrogens is 2. The van der Waals surface area contributed by atoms with Gasteiger partial charge in [0.2, 0.25) is 0 Å². The van der Waals surface area contributed by atoms with E-state index in [4.69, 9.17) is 0 Å². The van der Waals surface area contributed by atoms with Gasteiger partial charge in [0.05, 0.1) is 6.33 Å². The summed E-state index contributed by atoms with van der Waals surface area (Å²) < 4.78 is 2.09. The molecule has 19 heavy (non-hydrogen) atoms. The van der Waals surface area contributed by atoms with Gasteiger partial charge < -0.3 is 4.57 Å². The van der Waals surface area contributed by atoms with Gasteiger partial charge in [-0.3, -0.25) is 4.79 Å². The second kappa shape index (κ2) is 5.39. The molecule has 0 amide bonds. The molecule has 0 bridgehead atoms. The predicted molar refractivity (Wildman–Crippen MR) is 74.0 cm³/mol. The Labute approximate surface area is 113 Å². The van der Waals surface area contributed by atoms with Gasteiger partial charge in [-0.05, 0) is 31.2 Å². The van der Waals surface area contributed by atoms with E-state index in [9.17, 15) is 4.79 Å². The highest BCUT2D eigenvalue weighted by molar-refractivity contribution is 5.99. The number of aryl methyl sites for hydroxylation is 2. The van der Waals surface area contributed by atoms with E-state index in [1.54, 1.807) is 6.20 Å². The maximum atomic E-state index is 11.9. The Balaban J connectivity index is 1.52. The maximum absolute atomic E-state index is 11.9. The summed E-state index contributed by atoms with van der Waals surface area (Å²) in [6.07, 6.45) is 9.91. The van der Waals surface area contributed by atoms with Gasteiger partial charge in [0.1, 0.15) is 0 Å². The van der Waals surface area contributed by atoms with Crippen LogP contribution in [-0.4, -0.2) is 15.3 Å². The molecule has 3 heteroatoms. The van der Waals surface area contributed by atoms with Gasteiger partial charge in [0.25, 0.3) is 0 Å². The summed E-state index contributed by atoms with van der Waals surface area (Å²) in [5, 5.41) is 0. The van der Waals surface area contributed by atoms with Crippen LogP contribution in [0.25, 0.3) is 0 Å². The first-order valence-corrected chi connectivity index (χ1v) is 6.92. The van der Waals surface area contributed by atoms with Crippen molar-refractivity contribution in [3.8, 4) is 0 Å². The fourth-order valence-electron chi connectivity index (χ4n) is 2.30. The Morgan fingerprint density at radius 1 is 1.26 bits per heavy atom. The van der Waals surface area contributed by atoms with E-state index in [-0.39, 0.29) is 0 Å². The second-order valence-electron chi connectivity index (χ2n) is 5.24. The zero-order valence-electron chi connectivity index (χ0n) is 11.0. The van der Waals surface area contributed by atoms with Crippen molar-refractivity contribution in [2.45, 2.75) is 32.2 Å². The molecule has 1 aliphatic rings. The number of imidazole rings is 1. The Bertz CT molecular complexity index is 539. The first-order chi connectivity index (χ1) is 9.33. The lowest BCUT2D eigenvalue weighted by Crippen LogP contribution is -2.01. The maximum Gasteiger partial charge on any atom is 0.165 e. The van der Waals surface area contributed by atoms with Crippen LogP contribution in [0.2, 0.25) is 0 Å². The molecule has 0 spiro atoms. The molecule has 1 heterocycles. The van der Waals surface area contributed by atoms with Crippen LogP contribution in [0.15, 0.2) is 43.0 Å². The monoisotopic (exact) mass is 254 g/mol. The van der Waals surface area contributed by atoms with Crippen molar-refractivity contribution < 1.29 is 4.79 Å². The lowest BCUT2D eigenvalue weighted by molar-refractivity contribution is 0.0967. The smallest absolute Gasteiger partial charge is 0.165 e. The van der Waals surface area contributed by atoms with Crippen LogP contribution in [0.1, 0.15) is 35.2 Å². The van der Waals surface area contributed by atoms with E-state index in [2.05, 4.69) is 21.7 Å². The third-order valence-electron chi connectivity index (χ3n) is 3.63. The molecule has 0 atom stereocenters. The third kappa shape index (κ3) is 3.11. The summed E-state index contributed by atoms with van der Waals surface area (Å²) in [5.74, 6) is 0.636. The van der Waals surface area contributed by atoms with E-state index in [0.717, 1.165) is 37.8 Å². The van der Waals surface area contributed by atoms with E-state index in [1.807, 2.05) is 24.7 Å². The minimum absolute atomic E-state index is 0.312. The van der Waals surface area contributed by atoms with Crippen molar-refractivity contribution in [3.05, 3.63) is 54.1 Å². The molecule has 3 nitrogen and oxygen atoms in total. The van der Waals surface area contributed by atoms with Crippen LogP contribution >= 0.6 is 0 Å². The van der Waals surface area contributed by atoms with Crippen LogP contribution in [0.4, 0.5) is 0 Å². The van der Waals surface area contributed by atoms with Crippen LogP contribution in [0.5, 0.6) is 0 Å². The standard InChI is InChI=1S/C16H18N2O/c19-16(15-7-8-15)14-5-3-13(4-6-14)2-1-10-18-11-9-17-12-18/h3-6,9,11-12,15H,1-2,7-8,10H2. The van der Waals surface area contributed by atoms with Crippen molar-refractivity contribution in [3.63, 3.8) is 0 Å². The minimum atomic E-state index is 0.312. The summed E-state index contributed by atoms with van der Waals surface area (Å²) in [4.78, 5) is 15.9. The number of rotatable bonds is 6. The van der Waals surface area contributed by atoms with Gasteiger partial charge in [-0.15, -0.1) is 0 Å². The fraction of sp³-hybridized carbons (Fsp3) is 0.375. The zero-order valence-corrected chi connectivity index (χ0v) is 11.0. The first kappa shape index (κ1) is 12.2. The molecule has 0 unspecified atom stereocenters. The molecule has 3 rings (SSSR count). The highest BCUT2D eigenvalue weighted by Crippen LogP contribution is 2.32. The summed E-state index contributed by atoms with van der Waals surface area (Å²) in [7, 11) is 0. The summed E-state index contributed by atoms with van der Waals surface area (Å²) in [6, 6.07) is 8.13. The van der Waals surface area contributed by atoms with Crippen molar-refractivity contribution in [1.29, 1.82) is 0 Å². The molecule has 98 valence electrons. The molecule has 0 aliphatic heterocycles. The first-order valence-electron chi connectivity index (χ1n) is 6.92. The number of benzene rings is 1. The molecule has 1 fully saturated rings. The van der Waals surface area contributed by atoms with Crippen molar-refractivity contribution >= 4 is 5.78 Å². The van der Waals surface area contributed by atoms with Gasteiger partial charge >= 0.3 is 0 Å². The van der Waals surface area contributed by atoms with E-state index in [1.165, 1.54) is 5.56 Å². The molecule has 0 N–H and O–H groups in total. The number of nitrogens with zero attached hydrogens (tertiary/aromatic N) is 2. The molecule has 2 aromatic rings. The van der Waals surface area contributed by atoms with E-state index in [0.29, 0.717) is 11.7 Å². The molecular weight excluding hydrogens is 236 g/mol. The number of hydrogen-bond donors (Lipinski definition) is 0. The predicted octanol–water partition coefficient (Wildman–Crippen LogP) is 3.11. The van der Waals surface area contributed by atoms with E-state index < -0.39 is 0 Å². The van der Waals surface area contributed by atoms with Crippen LogP contribution < -0.4 is 0 Å². The summed E-state index contributed by atoms with van der Waals surface area (Å²) in [5.41, 5.74) is 2.17. The van der Waals surface area contributed by atoms with Crippen LogP contribution in [0, 0.1) is 5.92 Å². The highest BCUT2D eigenvalue weighted by Gasteiger charge is 2.30. The number of carbonyl (C=O) groups excluding carboxylic acids is 1. The van der Waals surface area contributed by atoms with Crippen molar-refractivity contribution in [1.82, 2.24) is 9.55 Å². The minimum Gasteiger partial charge on any atom is -0.337 e. The average molecular weight is 254 g/mol. The molecule has 1 aliphatic carbocycles. The van der Waals surface area contributed by atoms with Gasteiger partial charge in [0, 0.05) is 30.4 Å². The van der Waals surface area contributed by atoms with Gasteiger partial charge in [0.15, 0.2) is 5.78 Å². The number of ketones is 1. The van der Waals surface area contributed by atoms with Crippen LogP contribution in [-0.2, 0) is 13.0 Å². The van der Waals surface area contributed by atoms with Crippen LogP contribution in [0.3, 0.4) is 0 Å². The lowest BCUT2D eigenvalue weighted by atomic mass is 10.0. The third-order valence-corrected chi connectivity index (χ3v) is 3.63. The molecule has 0 saturated heterocycles. The highest BCUT2D eigenvalue weighted by atomic mass is 16.1. The zero-order chi connectivity index (χ0) is 13.1. The summed E-state index contributed by atoms with van der Waals surface area (Å²) in [6.45, 7) is 0.989. The van der Waals surface area contributed by atoms with Gasteiger partial charge in [-0.25, -0.2) is 4.98 Å². The molecular formula is C16H18N2O. The molecule has 1 aromatic carbocycles. The normalized spacial score (nSPS) is 14.5. The topological polar surface area (TPSA) is 34.9 Å². The SMILES string of the molecule is O=C(c1ccc(CCCn2ccnc2)cc1)C1CC1. The van der Waals surface area contributed by atoms with Gasteiger partial charge in [-0.1, -0.05) is 24.3 Å². The Morgan fingerprint density at radius 3 is 2.68 bits per heavy atom. The van der Waals surface area contributed by atoms with Crippen molar-refractivity contribution in [2.24, 2.45) is 5.92 Å². The second-order valence-corrected chi connectivity index (χ2v) is 5.24. The van der Waals surface area contributed by atoms with E-state index >= 15 is 0 Å².